The van der Waals surface area contributed by atoms with Gasteiger partial charge in [0, 0.05) is 19.4 Å². The molecule has 0 N–H and O–H groups in total. The normalized spacial score (nSPS) is 11.0. The van der Waals surface area contributed by atoms with Crippen LogP contribution in [-0.2, 0) is 7.05 Å². The van der Waals surface area contributed by atoms with Crippen LogP contribution in [0.25, 0.3) is 20.9 Å². The molecule has 15 heavy (non-hydrogen) atoms. The second-order valence-corrected chi connectivity index (χ2v) is 4.23. The fourth-order valence-electron chi connectivity index (χ4n) is 1.47. The molecule has 0 amide bonds. The lowest BCUT2D eigenvalue weighted by Gasteiger charge is -1.94. The zero-order chi connectivity index (χ0) is 10.3. The Labute approximate surface area is 90.2 Å². The van der Waals surface area contributed by atoms with Crippen LogP contribution in [0.5, 0.6) is 0 Å². The van der Waals surface area contributed by atoms with Crippen molar-refractivity contribution in [3.63, 3.8) is 0 Å². The van der Waals surface area contributed by atoms with Crippen molar-refractivity contribution in [1.29, 1.82) is 0 Å². The number of pyridine rings is 1. The highest BCUT2D eigenvalue weighted by Gasteiger charge is 2.08. The summed E-state index contributed by atoms with van der Waals surface area (Å²) in [6.45, 7) is 0. The van der Waals surface area contributed by atoms with E-state index in [1.165, 1.54) is 0 Å². The molecule has 0 spiro atoms. The Bertz CT molecular complexity index is 577. The number of fused-ring (bicyclic) bond motifs is 1. The van der Waals surface area contributed by atoms with Crippen LogP contribution in [-0.4, -0.2) is 19.7 Å². The summed E-state index contributed by atoms with van der Waals surface area (Å²) in [4.78, 5) is 8.56. The predicted octanol–water partition coefficient (Wildman–Crippen LogP) is 2.09. The smallest absolute Gasteiger partial charge is 0.142 e. The van der Waals surface area contributed by atoms with Crippen molar-refractivity contribution in [3.8, 4) is 10.7 Å². The monoisotopic (exact) mass is 216 g/mol. The second kappa shape index (κ2) is 3.13. The Morgan fingerprint density at radius 1 is 1.27 bits per heavy atom. The summed E-state index contributed by atoms with van der Waals surface area (Å²) in [5.41, 5.74) is 1.98. The molecule has 0 aliphatic rings. The molecule has 5 heteroatoms. The predicted molar refractivity (Wildman–Crippen MR) is 59.6 cm³/mol. The van der Waals surface area contributed by atoms with Gasteiger partial charge in [-0.1, -0.05) is 0 Å². The van der Waals surface area contributed by atoms with Gasteiger partial charge in [-0.3, -0.25) is 9.67 Å². The topological polar surface area (TPSA) is 43.6 Å². The molecule has 0 unspecified atom stereocenters. The molecule has 0 saturated heterocycles. The second-order valence-electron chi connectivity index (χ2n) is 3.20. The van der Waals surface area contributed by atoms with Crippen molar-refractivity contribution in [1.82, 2.24) is 19.7 Å². The minimum atomic E-state index is 0.943. The first-order valence-electron chi connectivity index (χ1n) is 4.53. The van der Waals surface area contributed by atoms with E-state index in [-0.39, 0.29) is 0 Å². The number of hydrogen-bond acceptors (Lipinski definition) is 4. The van der Waals surface area contributed by atoms with Crippen molar-refractivity contribution in [2.24, 2.45) is 7.05 Å². The van der Waals surface area contributed by atoms with Crippen LogP contribution in [0.2, 0.25) is 0 Å². The molecule has 3 aromatic rings. The number of rotatable bonds is 1. The largest absolute Gasteiger partial charge is 0.266 e. The van der Waals surface area contributed by atoms with Gasteiger partial charge in [0.05, 0.1) is 16.6 Å². The first-order valence-corrected chi connectivity index (χ1v) is 5.35. The third kappa shape index (κ3) is 1.32. The molecule has 0 radical (unpaired) electrons. The third-order valence-electron chi connectivity index (χ3n) is 2.23. The van der Waals surface area contributed by atoms with E-state index in [1.54, 1.807) is 29.9 Å². The van der Waals surface area contributed by atoms with Crippen LogP contribution in [0.15, 0.2) is 30.7 Å². The lowest BCUT2D eigenvalue weighted by molar-refractivity contribution is 0.775. The lowest BCUT2D eigenvalue weighted by atomic mass is 10.4. The third-order valence-corrected chi connectivity index (χ3v) is 3.29. The summed E-state index contributed by atoms with van der Waals surface area (Å²) < 4.78 is 2.98. The maximum absolute atomic E-state index is 4.51. The highest BCUT2D eigenvalue weighted by molar-refractivity contribution is 7.21. The average molecular weight is 216 g/mol. The van der Waals surface area contributed by atoms with Gasteiger partial charge in [0.15, 0.2) is 0 Å². The maximum Gasteiger partial charge on any atom is 0.142 e. The van der Waals surface area contributed by atoms with Gasteiger partial charge in [-0.25, -0.2) is 4.98 Å². The van der Waals surface area contributed by atoms with Crippen LogP contribution >= 0.6 is 11.3 Å². The fraction of sp³-hybridized carbons (Fsp3) is 0.100. The highest BCUT2D eigenvalue weighted by atomic mass is 32.1. The SMILES string of the molecule is Cn1nccc1-c1nc2cnccc2s1. The van der Waals surface area contributed by atoms with E-state index in [1.807, 2.05) is 23.9 Å². The summed E-state index contributed by atoms with van der Waals surface area (Å²) in [6, 6.07) is 3.94. The molecule has 74 valence electrons. The molecule has 0 fully saturated rings. The van der Waals surface area contributed by atoms with Gasteiger partial charge in [0.25, 0.3) is 0 Å². The van der Waals surface area contributed by atoms with Crippen molar-refractivity contribution >= 4 is 21.6 Å². The van der Waals surface area contributed by atoms with E-state index in [4.69, 9.17) is 0 Å². The van der Waals surface area contributed by atoms with E-state index < -0.39 is 0 Å². The Kier molecular flexibility index (Phi) is 1.78. The molecule has 0 saturated carbocycles. The van der Waals surface area contributed by atoms with Crippen LogP contribution in [0, 0.1) is 0 Å². The average Bonchev–Trinajstić information content (AvgIpc) is 2.82. The zero-order valence-corrected chi connectivity index (χ0v) is 8.90. The van der Waals surface area contributed by atoms with Gasteiger partial charge < -0.3 is 0 Å². The summed E-state index contributed by atoms with van der Waals surface area (Å²) in [5, 5.41) is 5.12. The van der Waals surface area contributed by atoms with E-state index in [2.05, 4.69) is 15.1 Å². The standard InChI is InChI=1S/C10H8N4S/c1-14-8(2-5-12-14)10-13-7-6-11-4-3-9(7)15-10/h2-6H,1H3. The molecule has 4 nitrogen and oxygen atoms in total. The summed E-state index contributed by atoms with van der Waals surface area (Å²) in [7, 11) is 1.92. The van der Waals surface area contributed by atoms with Crippen molar-refractivity contribution in [2.45, 2.75) is 0 Å². The Hall–Kier alpha value is -1.75. The van der Waals surface area contributed by atoms with Gasteiger partial charge in [0.2, 0.25) is 0 Å². The molecule has 0 bridgehead atoms. The van der Waals surface area contributed by atoms with E-state index in [9.17, 15) is 0 Å². The van der Waals surface area contributed by atoms with Crippen LogP contribution in [0.3, 0.4) is 0 Å². The van der Waals surface area contributed by atoms with Gasteiger partial charge >= 0.3 is 0 Å². The first-order chi connectivity index (χ1) is 7.34. The fourth-order valence-corrected chi connectivity index (χ4v) is 2.46. The zero-order valence-electron chi connectivity index (χ0n) is 8.08. The summed E-state index contributed by atoms with van der Waals surface area (Å²) in [6.07, 6.45) is 5.35. The minimum absolute atomic E-state index is 0.943. The number of aryl methyl sites for hydroxylation is 1. The molecule has 3 rings (SSSR count). The number of hydrogen-bond donors (Lipinski definition) is 0. The summed E-state index contributed by atoms with van der Waals surface area (Å²) in [5.74, 6) is 0. The van der Waals surface area contributed by atoms with Crippen molar-refractivity contribution < 1.29 is 0 Å². The van der Waals surface area contributed by atoms with E-state index >= 15 is 0 Å². The van der Waals surface area contributed by atoms with E-state index in [0.717, 1.165) is 20.9 Å². The van der Waals surface area contributed by atoms with Gasteiger partial charge in [-0.2, -0.15) is 5.10 Å². The molecule has 3 aromatic heterocycles. The van der Waals surface area contributed by atoms with Crippen LogP contribution in [0.1, 0.15) is 0 Å². The molecule has 0 aromatic carbocycles. The number of nitrogens with zero attached hydrogens (tertiary/aromatic N) is 4. The first kappa shape index (κ1) is 8.55. The van der Waals surface area contributed by atoms with Crippen molar-refractivity contribution in [2.75, 3.05) is 0 Å². The van der Waals surface area contributed by atoms with Crippen LogP contribution < -0.4 is 0 Å². The number of thiazole rings is 1. The Balaban J connectivity index is 2.24. The van der Waals surface area contributed by atoms with Gasteiger partial charge in [-0.05, 0) is 12.1 Å². The molecular formula is C10H8N4S. The van der Waals surface area contributed by atoms with E-state index in [0.29, 0.717) is 0 Å². The maximum atomic E-state index is 4.51. The van der Waals surface area contributed by atoms with Crippen molar-refractivity contribution in [3.05, 3.63) is 30.7 Å². The molecular weight excluding hydrogens is 208 g/mol. The molecule has 3 heterocycles. The van der Waals surface area contributed by atoms with Crippen LogP contribution in [0.4, 0.5) is 0 Å². The molecule has 0 aliphatic heterocycles. The number of aromatic nitrogens is 4. The minimum Gasteiger partial charge on any atom is -0.266 e. The quantitative estimate of drug-likeness (QED) is 0.625. The van der Waals surface area contributed by atoms with Gasteiger partial charge in [-0.15, -0.1) is 11.3 Å². The summed E-state index contributed by atoms with van der Waals surface area (Å²) >= 11 is 1.66. The molecule has 0 aliphatic carbocycles. The lowest BCUT2D eigenvalue weighted by Crippen LogP contribution is -1.92. The van der Waals surface area contributed by atoms with Gasteiger partial charge in [0.1, 0.15) is 10.5 Å². The highest BCUT2D eigenvalue weighted by Crippen LogP contribution is 2.28. The Morgan fingerprint density at radius 2 is 2.20 bits per heavy atom. The molecule has 0 atom stereocenters. The Morgan fingerprint density at radius 3 is 2.93 bits per heavy atom.